The second-order valence-corrected chi connectivity index (χ2v) is 17.6. The average Bonchev–Trinajstić information content (AvgIpc) is 3.20. The summed E-state index contributed by atoms with van der Waals surface area (Å²) in [5.41, 5.74) is 0. The fourth-order valence-electron chi connectivity index (χ4n) is 8.05. The van der Waals surface area contributed by atoms with Gasteiger partial charge in [-0.15, -0.1) is 0 Å². The summed E-state index contributed by atoms with van der Waals surface area (Å²) in [5.74, 6) is -0.609. The zero-order valence-corrected chi connectivity index (χ0v) is 38.2. The van der Waals surface area contributed by atoms with Gasteiger partial charge in [-0.25, -0.2) is 0 Å². The van der Waals surface area contributed by atoms with Gasteiger partial charge in [0.25, 0.3) is 0 Å². The van der Waals surface area contributed by atoms with Crippen LogP contribution in [0.5, 0.6) is 0 Å². The summed E-state index contributed by atoms with van der Waals surface area (Å²) in [7, 11) is 0. The molecule has 0 spiro atoms. The molecule has 332 valence electrons. The molecule has 0 aromatic carbocycles. The maximum absolute atomic E-state index is 12.9. The third-order valence-corrected chi connectivity index (χ3v) is 11.9. The van der Waals surface area contributed by atoms with Gasteiger partial charge in [-0.05, 0) is 25.7 Å². The van der Waals surface area contributed by atoms with Crippen molar-refractivity contribution < 1.29 is 23.9 Å². The first-order chi connectivity index (χ1) is 27.6. The topological polar surface area (TPSA) is 69.7 Å². The van der Waals surface area contributed by atoms with Gasteiger partial charge >= 0.3 is 11.9 Å². The van der Waals surface area contributed by atoms with E-state index < -0.39 is 6.10 Å². The minimum absolute atomic E-state index is 0.0599. The third-order valence-electron chi connectivity index (χ3n) is 11.9. The number of carbonyl (C=O) groups excluding carboxylic acids is 3. The van der Waals surface area contributed by atoms with Crippen molar-refractivity contribution in [3.8, 4) is 0 Å². The van der Waals surface area contributed by atoms with Gasteiger partial charge in [0.2, 0.25) is 0 Å². The number of unbranched alkanes of at least 4 members (excludes halogenated alkanes) is 35. The lowest BCUT2D eigenvalue weighted by molar-refractivity contribution is -0.160. The van der Waals surface area contributed by atoms with Crippen molar-refractivity contribution in [1.82, 2.24) is 0 Å². The fraction of sp³-hybridized carbons (Fsp3) is 0.941. The number of esters is 2. The largest absolute Gasteiger partial charge is 0.462 e. The number of hydrogen-bond acceptors (Lipinski definition) is 5. The van der Waals surface area contributed by atoms with E-state index in [1.807, 2.05) is 0 Å². The SMILES string of the molecule is CCCCCCCCCCCCCCCC(=O)OCC(C[C@@H](C=O)CCCCCCCCCCCCCC)OC(=O)CCCCCCCCCCCCCCC. The molecule has 0 aliphatic carbocycles. The molecule has 0 bridgehead atoms. The van der Waals surface area contributed by atoms with Crippen LogP contribution in [-0.4, -0.2) is 30.9 Å². The summed E-state index contributed by atoms with van der Waals surface area (Å²) in [6.45, 7) is 6.87. The van der Waals surface area contributed by atoms with Crippen LogP contribution < -0.4 is 0 Å². The van der Waals surface area contributed by atoms with E-state index in [1.54, 1.807) is 0 Å². The van der Waals surface area contributed by atoms with E-state index in [4.69, 9.17) is 9.47 Å². The molecule has 0 rings (SSSR count). The number of aldehydes is 1. The molecule has 0 heterocycles. The lowest BCUT2D eigenvalue weighted by atomic mass is 9.95. The highest BCUT2D eigenvalue weighted by atomic mass is 16.6. The van der Waals surface area contributed by atoms with Crippen molar-refractivity contribution in [3.63, 3.8) is 0 Å². The van der Waals surface area contributed by atoms with Crippen LogP contribution in [0.4, 0.5) is 0 Å². The molecular weight excluding hydrogens is 693 g/mol. The first-order valence-electron chi connectivity index (χ1n) is 25.4. The maximum atomic E-state index is 12.9. The van der Waals surface area contributed by atoms with Crippen molar-refractivity contribution in [1.29, 1.82) is 0 Å². The Morgan fingerprint density at radius 2 is 0.679 bits per heavy atom. The Balaban J connectivity index is 4.43. The summed E-state index contributed by atoms with van der Waals surface area (Å²) >= 11 is 0. The Labute approximate surface area is 350 Å². The smallest absolute Gasteiger partial charge is 0.306 e. The molecular formula is C51H98O5. The fourth-order valence-corrected chi connectivity index (χ4v) is 8.05. The summed E-state index contributed by atoms with van der Waals surface area (Å²) in [5, 5.41) is 0. The molecule has 1 unspecified atom stereocenters. The molecule has 0 saturated heterocycles. The standard InChI is InChI=1S/C51H98O5/c1-4-7-10-13-16-19-22-25-28-31-34-37-40-43-50(53)55-47-49(45-48(46-52)42-39-36-33-30-27-24-21-18-15-12-9-6-3)56-51(54)44-41-38-35-32-29-26-23-20-17-14-11-8-5-2/h46,48-49H,4-45,47H2,1-3H3/t48-,49?/m0/s1. The molecule has 5 heteroatoms. The first kappa shape index (κ1) is 54.6. The van der Waals surface area contributed by atoms with Crippen LogP contribution >= 0.6 is 0 Å². The molecule has 0 fully saturated rings. The third kappa shape index (κ3) is 42.2. The Bertz CT molecular complexity index is 812. The zero-order chi connectivity index (χ0) is 40.8. The molecule has 0 saturated carbocycles. The van der Waals surface area contributed by atoms with Gasteiger partial charge in [0.05, 0.1) is 0 Å². The number of ether oxygens (including phenoxy) is 2. The second-order valence-electron chi connectivity index (χ2n) is 17.6. The maximum Gasteiger partial charge on any atom is 0.306 e. The lowest BCUT2D eigenvalue weighted by Gasteiger charge is -2.21. The van der Waals surface area contributed by atoms with Crippen LogP contribution in [0, 0.1) is 5.92 Å². The van der Waals surface area contributed by atoms with Crippen molar-refractivity contribution in [3.05, 3.63) is 0 Å². The molecule has 0 aromatic rings. The summed E-state index contributed by atoms with van der Waals surface area (Å²) in [6, 6.07) is 0. The van der Waals surface area contributed by atoms with Crippen LogP contribution in [0.15, 0.2) is 0 Å². The highest BCUT2D eigenvalue weighted by Crippen LogP contribution is 2.20. The summed E-state index contributed by atoms with van der Waals surface area (Å²) < 4.78 is 11.6. The number of carbonyl (C=O) groups is 3. The predicted octanol–water partition coefficient (Wildman–Crippen LogP) is 16.7. The van der Waals surface area contributed by atoms with Crippen LogP contribution in [0.1, 0.15) is 290 Å². The molecule has 0 aliphatic rings. The molecule has 5 nitrogen and oxygen atoms in total. The van der Waals surface area contributed by atoms with E-state index in [0.29, 0.717) is 19.3 Å². The van der Waals surface area contributed by atoms with Crippen molar-refractivity contribution in [2.75, 3.05) is 6.61 Å². The lowest BCUT2D eigenvalue weighted by Crippen LogP contribution is -2.28. The molecule has 0 aromatic heterocycles. The highest BCUT2D eigenvalue weighted by Gasteiger charge is 2.22. The van der Waals surface area contributed by atoms with E-state index in [1.165, 1.54) is 199 Å². The zero-order valence-electron chi connectivity index (χ0n) is 38.2. The van der Waals surface area contributed by atoms with Crippen molar-refractivity contribution >= 4 is 18.2 Å². The monoisotopic (exact) mass is 791 g/mol. The van der Waals surface area contributed by atoms with Crippen LogP contribution in [0.2, 0.25) is 0 Å². The number of rotatable bonds is 47. The molecule has 2 atom stereocenters. The van der Waals surface area contributed by atoms with Crippen LogP contribution in [0.25, 0.3) is 0 Å². The molecule has 0 amide bonds. The number of hydrogen-bond donors (Lipinski definition) is 0. The molecule has 56 heavy (non-hydrogen) atoms. The van der Waals surface area contributed by atoms with Gasteiger partial charge in [-0.3, -0.25) is 9.59 Å². The Kier molecular flexibility index (Phi) is 45.2. The Morgan fingerprint density at radius 1 is 0.393 bits per heavy atom. The Morgan fingerprint density at radius 3 is 1.00 bits per heavy atom. The van der Waals surface area contributed by atoms with Gasteiger partial charge in [0.1, 0.15) is 19.0 Å². The Hall–Kier alpha value is -1.39. The van der Waals surface area contributed by atoms with Crippen molar-refractivity contribution in [2.45, 2.75) is 297 Å². The van der Waals surface area contributed by atoms with Gasteiger partial charge in [0, 0.05) is 18.8 Å². The molecule has 0 radical (unpaired) electrons. The van der Waals surface area contributed by atoms with Crippen molar-refractivity contribution in [2.24, 2.45) is 5.92 Å². The molecule has 0 N–H and O–H groups in total. The minimum Gasteiger partial charge on any atom is -0.462 e. The van der Waals surface area contributed by atoms with E-state index in [-0.39, 0.29) is 24.5 Å². The van der Waals surface area contributed by atoms with E-state index in [9.17, 15) is 14.4 Å². The van der Waals surface area contributed by atoms with Gasteiger partial charge in [-0.1, -0.05) is 252 Å². The second kappa shape index (κ2) is 46.3. The van der Waals surface area contributed by atoms with Crippen LogP contribution in [0.3, 0.4) is 0 Å². The molecule has 0 aliphatic heterocycles. The summed E-state index contributed by atoms with van der Waals surface area (Å²) in [6.07, 6.45) is 51.0. The van der Waals surface area contributed by atoms with Gasteiger partial charge in [0.15, 0.2) is 0 Å². The van der Waals surface area contributed by atoms with E-state index >= 15 is 0 Å². The normalized spacial score (nSPS) is 12.5. The highest BCUT2D eigenvalue weighted by molar-refractivity contribution is 5.70. The van der Waals surface area contributed by atoms with Gasteiger partial charge in [-0.2, -0.15) is 0 Å². The van der Waals surface area contributed by atoms with Crippen LogP contribution in [-0.2, 0) is 23.9 Å². The quantitative estimate of drug-likeness (QED) is 0.0349. The first-order valence-corrected chi connectivity index (χ1v) is 25.4. The van der Waals surface area contributed by atoms with E-state index in [0.717, 1.165) is 57.7 Å². The summed E-state index contributed by atoms with van der Waals surface area (Å²) in [4.78, 5) is 37.7. The van der Waals surface area contributed by atoms with Gasteiger partial charge < -0.3 is 14.3 Å². The minimum atomic E-state index is -0.549. The average molecular weight is 791 g/mol. The predicted molar refractivity (Wildman–Crippen MR) is 241 cm³/mol. The van der Waals surface area contributed by atoms with E-state index in [2.05, 4.69) is 20.8 Å².